The van der Waals surface area contributed by atoms with Gasteiger partial charge in [0, 0.05) is 48.0 Å². The summed E-state index contributed by atoms with van der Waals surface area (Å²) in [5, 5.41) is 2.49. The molecule has 1 aliphatic heterocycles. The molecule has 2 aromatic heterocycles. The van der Waals surface area contributed by atoms with Gasteiger partial charge in [-0.15, -0.1) is 11.3 Å². The average Bonchev–Trinajstić information content (AvgIpc) is 3.82. The van der Waals surface area contributed by atoms with Crippen LogP contribution >= 0.6 is 11.3 Å². The van der Waals surface area contributed by atoms with Crippen LogP contribution in [-0.4, -0.2) is 15.0 Å². The first kappa shape index (κ1) is 34.3. The van der Waals surface area contributed by atoms with Crippen LogP contribution in [0, 0.1) is 17.8 Å². The van der Waals surface area contributed by atoms with E-state index in [0.717, 1.165) is 57.1 Å². The largest absolute Gasteiger partial charge is 0.457 e. The van der Waals surface area contributed by atoms with Crippen LogP contribution in [0.5, 0.6) is 11.5 Å². The second-order valence-electron chi connectivity index (χ2n) is 18.5. The zero-order valence-electron chi connectivity index (χ0n) is 33.6. The van der Waals surface area contributed by atoms with Gasteiger partial charge in [-0.25, -0.2) is 15.0 Å². The topological polar surface area (TPSA) is 47.9 Å². The second-order valence-corrected chi connectivity index (χ2v) is 19.6. The van der Waals surface area contributed by atoms with Crippen LogP contribution in [-0.2, 0) is 10.8 Å². The zero-order chi connectivity index (χ0) is 39.9. The number of nitrogens with zero attached hydrogens (tertiary/aromatic N) is 3. The molecule has 61 heavy (non-hydrogen) atoms. The summed E-state index contributed by atoms with van der Waals surface area (Å²) in [5.41, 5.74) is 11.5. The van der Waals surface area contributed by atoms with Crippen molar-refractivity contribution in [2.75, 3.05) is 0 Å². The number of rotatable bonds is 4. The minimum absolute atomic E-state index is 0.332. The molecule has 9 aromatic rings. The van der Waals surface area contributed by atoms with E-state index in [9.17, 15) is 0 Å². The van der Waals surface area contributed by atoms with Gasteiger partial charge in [0.2, 0.25) is 0 Å². The van der Waals surface area contributed by atoms with Gasteiger partial charge in [-0.1, -0.05) is 109 Å². The molecule has 1 spiro atoms. The van der Waals surface area contributed by atoms with E-state index in [1.807, 2.05) is 11.3 Å². The van der Waals surface area contributed by atoms with Gasteiger partial charge in [0.15, 0.2) is 17.5 Å². The van der Waals surface area contributed by atoms with Crippen molar-refractivity contribution in [2.45, 2.75) is 49.4 Å². The van der Waals surface area contributed by atoms with E-state index in [1.54, 1.807) is 0 Å². The number of ether oxygens (including phenoxy) is 1. The van der Waals surface area contributed by atoms with Gasteiger partial charge in [-0.05, 0) is 138 Å². The molecule has 0 unspecified atom stereocenters. The molecule has 7 aromatic carbocycles. The van der Waals surface area contributed by atoms with Gasteiger partial charge in [0.25, 0.3) is 0 Å². The zero-order valence-corrected chi connectivity index (χ0v) is 34.5. The summed E-state index contributed by atoms with van der Waals surface area (Å²) in [6.45, 7) is 0. The van der Waals surface area contributed by atoms with Gasteiger partial charge >= 0.3 is 0 Å². The monoisotopic (exact) mass is 803 g/mol. The summed E-state index contributed by atoms with van der Waals surface area (Å²) in [4.78, 5) is 16.0. The smallest absolute Gasteiger partial charge is 0.164 e. The SMILES string of the molecule is c1ccc2c(c1)Oc1ccc(-c3nc(-c4ccc(C56CC7CC(CC(C7)C5)C6)cc4)nc(-c4ccc5sc6ccccc6c5c4)n3)cc1C21c2ccccc2-c2ccccc21. The molecule has 4 bridgehead atoms. The fraction of sp³-hybridized carbons (Fsp3) is 0.196. The van der Waals surface area contributed by atoms with Gasteiger partial charge in [-0.2, -0.15) is 0 Å². The summed E-state index contributed by atoms with van der Waals surface area (Å²) >= 11 is 1.83. The first-order chi connectivity index (χ1) is 30.1. The van der Waals surface area contributed by atoms with Crippen LogP contribution in [0.2, 0.25) is 0 Å². The number of hydrogen-bond acceptors (Lipinski definition) is 5. The Hall–Kier alpha value is -6.43. The molecule has 3 heterocycles. The molecule has 4 saturated carbocycles. The Balaban J connectivity index is 0.958. The lowest BCUT2D eigenvalue weighted by molar-refractivity contribution is -0.00518. The highest BCUT2D eigenvalue weighted by Crippen LogP contribution is 2.63. The molecule has 15 rings (SSSR count). The minimum atomic E-state index is -0.579. The van der Waals surface area contributed by atoms with E-state index in [2.05, 4.69) is 158 Å². The van der Waals surface area contributed by atoms with Crippen molar-refractivity contribution in [1.82, 2.24) is 15.0 Å². The molecule has 0 N–H and O–H groups in total. The Morgan fingerprint density at radius 1 is 0.443 bits per heavy atom. The molecule has 0 atom stereocenters. The Morgan fingerprint density at radius 2 is 0.967 bits per heavy atom. The van der Waals surface area contributed by atoms with Crippen molar-refractivity contribution >= 4 is 31.5 Å². The van der Waals surface area contributed by atoms with Gasteiger partial charge in [0.05, 0.1) is 5.41 Å². The van der Waals surface area contributed by atoms with Gasteiger partial charge < -0.3 is 4.74 Å². The van der Waals surface area contributed by atoms with Crippen molar-refractivity contribution < 1.29 is 4.74 Å². The third kappa shape index (κ3) is 4.90. The molecule has 0 radical (unpaired) electrons. The van der Waals surface area contributed by atoms with Crippen LogP contribution in [0.1, 0.15) is 66.3 Å². The third-order valence-electron chi connectivity index (χ3n) is 15.2. The Kier molecular flexibility index (Phi) is 7.06. The van der Waals surface area contributed by atoms with Crippen molar-refractivity contribution in [3.05, 3.63) is 186 Å². The van der Waals surface area contributed by atoms with Crippen molar-refractivity contribution in [3.8, 4) is 56.8 Å². The number of hydrogen-bond donors (Lipinski definition) is 0. The molecule has 6 aliphatic rings. The predicted octanol–water partition coefficient (Wildman–Crippen LogP) is 14.2. The fourth-order valence-corrected chi connectivity index (χ4v) is 14.1. The number of para-hydroxylation sites is 1. The minimum Gasteiger partial charge on any atom is -0.457 e. The van der Waals surface area contributed by atoms with E-state index in [4.69, 9.17) is 19.7 Å². The summed E-state index contributed by atoms with van der Waals surface area (Å²) in [7, 11) is 0. The van der Waals surface area contributed by atoms with Crippen molar-refractivity contribution in [3.63, 3.8) is 0 Å². The number of aromatic nitrogens is 3. The standard InChI is InChI=1S/C56H41N3OS/c1-4-12-44-40(9-1)41-10-2-5-13-45(41)56(44)46-14-6-7-15-48(46)60-49-23-19-38(29-47(49)56)54-58-52(36-17-21-39(22-18-36)55-30-33-25-34(31-55)27-35(26-33)32-55)57-53(59-54)37-20-24-51-43(28-37)42-11-3-8-16-50(42)61-51/h1-24,28-29,33-35H,25-27,30-32H2. The fourth-order valence-electron chi connectivity index (χ4n) is 13.1. The molecule has 292 valence electrons. The van der Waals surface area contributed by atoms with Crippen LogP contribution in [0.3, 0.4) is 0 Å². The van der Waals surface area contributed by atoms with E-state index in [-0.39, 0.29) is 0 Å². The summed E-state index contributed by atoms with van der Waals surface area (Å²) < 4.78 is 9.33. The van der Waals surface area contributed by atoms with Crippen LogP contribution < -0.4 is 4.74 Å². The van der Waals surface area contributed by atoms with E-state index in [0.29, 0.717) is 22.9 Å². The second kappa shape index (κ2) is 12.6. The lowest BCUT2D eigenvalue weighted by atomic mass is 9.48. The van der Waals surface area contributed by atoms with Gasteiger partial charge in [0.1, 0.15) is 11.5 Å². The highest BCUT2D eigenvalue weighted by atomic mass is 32.1. The van der Waals surface area contributed by atoms with E-state index < -0.39 is 5.41 Å². The molecule has 0 saturated heterocycles. The maximum Gasteiger partial charge on any atom is 0.164 e. The van der Waals surface area contributed by atoms with Crippen LogP contribution in [0.15, 0.2) is 158 Å². The van der Waals surface area contributed by atoms with Crippen LogP contribution in [0.4, 0.5) is 0 Å². The van der Waals surface area contributed by atoms with E-state index >= 15 is 0 Å². The summed E-state index contributed by atoms with van der Waals surface area (Å²) in [6, 6.07) is 57.5. The number of benzene rings is 7. The van der Waals surface area contributed by atoms with Crippen molar-refractivity contribution in [2.24, 2.45) is 17.8 Å². The molecule has 5 aliphatic carbocycles. The number of thiophene rings is 1. The molecular weight excluding hydrogens is 763 g/mol. The normalized spacial score (nSPS) is 22.2. The summed E-state index contributed by atoms with van der Waals surface area (Å²) in [5.74, 6) is 6.45. The molecule has 5 heteroatoms. The summed E-state index contributed by atoms with van der Waals surface area (Å²) in [6.07, 6.45) is 8.38. The first-order valence-corrected chi connectivity index (χ1v) is 22.8. The lowest BCUT2D eigenvalue weighted by Gasteiger charge is -2.57. The lowest BCUT2D eigenvalue weighted by Crippen LogP contribution is -2.48. The van der Waals surface area contributed by atoms with E-state index in [1.165, 1.54) is 86.5 Å². The third-order valence-corrected chi connectivity index (χ3v) is 16.3. The molecule has 0 amide bonds. The maximum absolute atomic E-state index is 6.79. The predicted molar refractivity (Wildman–Crippen MR) is 246 cm³/mol. The van der Waals surface area contributed by atoms with Crippen LogP contribution in [0.25, 0.3) is 65.5 Å². The molecule has 4 nitrogen and oxygen atoms in total. The highest BCUT2D eigenvalue weighted by molar-refractivity contribution is 7.25. The number of fused-ring (bicyclic) bond motifs is 12. The Labute approximate surface area is 359 Å². The highest BCUT2D eigenvalue weighted by Gasteiger charge is 2.52. The van der Waals surface area contributed by atoms with Gasteiger partial charge in [-0.3, -0.25) is 0 Å². The Morgan fingerprint density at radius 3 is 1.67 bits per heavy atom. The average molecular weight is 804 g/mol. The maximum atomic E-state index is 6.79. The van der Waals surface area contributed by atoms with Crippen molar-refractivity contribution in [1.29, 1.82) is 0 Å². The quantitative estimate of drug-likeness (QED) is 0.178. The first-order valence-electron chi connectivity index (χ1n) is 22.0. The molecule has 4 fully saturated rings. The molecular formula is C56H41N3OS. The Bertz CT molecular complexity index is 3210.